The van der Waals surface area contributed by atoms with Gasteiger partial charge in [0.1, 0.15) is 5.69 Å². The maximum absolute atomic E-state index is 12.7. The van der Waals surface area contributed by atoms with Gasteiger partial charge in [0.2, 0.25) is 0 Å². The van der Waals surface area contributed by atoms with Gasteiger partial charge >= 0.3 is 0 Å². The molecule has 0 spiro atoms. The minimum Gasteiger partial charge on any atom is -0.380 e. The van der Waals surface area contributed by atoms with Crippen molar-refractivity contribution in [2.75, 3.05) is 42.9 Å². The molecule has 2 aromatic carbocycles. The van der Waals surface area contributed by atoms with Gasteiger partial charge in [-0.05, 0) is 37.6 Å². The van der Waals surface area contributed by atoms with Crippen LogP contribution in [-0.4, -0.2) is 48.5 Å². The average Bonchev–Trinajstić information content (AvgIpc) is 2.68. The highest BCUT2D eigenvalue weighted by molar-refractivity contribution is 5.95. The molecule has 27 heavy (non-hydrogen) atoms. The van der Waals surface area contributed by atoms with Crippen LogP contribution in [0.1, 0.15) is 22.8 Å². The van der Waals surface area contributed by atoms with Gasteiger partial charge in [-0.3, -0.25) is 14.9 Å². The van der Waals surface area contributed by atoms with Crippen LogP contribution in [0, 0.1) is 17.0 Å². The number of carbonyl (C=O) groups excluding carboxylic acids is 1. The Kier molecular flexibility index (Phi) is 5.59. The molecule has 0 saturated carbocycles. The first-order valence-corrected chi connectivity index (χ1v) is 9.13. The monoisotopic (exact) mass is 368 g/mol. The maximum Gasteiger partial charge on any atom is 0.292 e. The summed E-state index contributed by atoms with van der Waals surface area (Å²) in [5, 5.41) is 14.2. The number of benzene rings is 2. The molecule has 0 bridgehead atoms. The third kappa shape index (κ3) is 4.02. The zero-order valence-electron chi connectivity index (χ0n) is 15.6. The molecular weight excluding hydrogens is 344 g/mol. The number of nitro groups is 1. The Balaban J connectivity index is 1.70. The first kappa shape index (κ1) is 18.7. The molecule has 7 nitrogen and oxygen atoms in total. The Morgan fingerprint density at radius 1 is 1.15 bits per heavy atom. The van der Waals surface area contributed by atoms with E-state index in [2.05, 4.69) is 10.2 Å². The van der Waals surface area contributed by atoms with E-state index in [1.807, 2.05) is 49.1 Å². The molecule has 1 heterocycles. The first-order valence-electron chi connectivity index (χ1n) is 9.13. The average molecular weight is 368 g/mol. The van der Waals surface area contributed by atoms with Gasteiger partial charge in [0.05, 0.1) is 4.92 Å². The van der Waals surface area contributed by atoms with Crippen LogP contribution in [0.2, 0.25) is 0 Å². The summed E-state index contributed by atoms with van der Waals surface area (Å²) in [4.78, 5) is 27.6. The summed E-state index contributed by atoms with van der Waals surface area (Å²) in [5.74, 6) is 0.0600. The van der Waals surface area contributed by atoms with Crippen LogP contribution >= 0.6 is 0 Å². The Labute approximate surface area is 158 Å². The van der Waals surface area contributed by atoms with Crippen LogP contribution in [-0.2, 0) is 0 Å². The Bertz CT molecular complexity index is 845. The minimum atomic E-state index is -0.374. The van der Waals surface area contributed by atoms with Crippen molar-refractivity contribution in [2.45, 2.75) is 13.8 Å². The largest absolute Gasteiger partial charge is 0.380 e. The number of nitro benzene ring substituents is 1. The third-order valence-corrected chi connectivity index (χ3v) is 4.85. The molecule has 0 aliphatic carbocycles. The van der Waals surface area contributed by atoms with E-state index >= 15 is 0 Å². The second-order valence-electron chi connectivity index (χ2n) is 6.58. The molecule has 0 radical (unpaired) electrons. The number of hydrogen-bond acceptors (Lipinski definition) is 5. The lowest BCUT2D eigenvalue weighted by Gasteiger charge is -2.36. The van der Waals surface area contributed by atoms with Gasteiger partial charge in [-0.15, -0.1) is 0 Å². The van der Waals surface area contributed by atoms with Crippen molar-refractivity contribution >= 4 is 23.0 Å². The van der Waals surface area contributed by atoms with Crippen LogP contribution in [0.5, 0.6) is 0 Å². The normalized spacial score (nSPS) is 14.1. The molecule has 0 aromatic heterocycles. The summed E-state index contributed by atoms with van der Waals surface area (Å²) in [5.41, 5.74) is 3.26. The molecule has 1 saturated heterocycles. The van der Waals surface area contributed by atoms with Crippen LogP contribution in [0.25, 0.3) is 0 Å². The molecule has 1 N–H and O–H groups in total. The predicted molar refractivity (Wildman–Crippen MR) is 107 cm³/mol. The predicted octanol–water partition coefficient (Wildman–Crippen LogP) is 3.30. The fraction of sp³-hybridized carbons (Fsp3) is 0.350. The number of piperazine rings is 1. The van der Waals surface area contributed by atoms with Gasteiger partial charge < -0.3 is 15.1 Å². The number of amides is 1. The number of aryl methyl sites for hydroxylation is 1. The first-order chi connectivity index (χ1) is 13.0. The van der Waals surface area contributed by atoms with Crippen molar-refractivity contribution in [2.24, 2.45) is 0 Å². The van der Waals surface area contributed by atoms with Crippen LogP contribution in [0.15, 0.2) is 42.5 Å². The lowest BCUT2D eigenvalue weighted by atomic mass is 10.1. The molecule has 1 aliphatic rings. The number of nitrogens with one attached hydrogen (secondary N) is 1. The van der Waals surface area contributed by atoms with Gasteiger partial charge in [-0.2, -0.15) is 0 Å². The number of rotatable bonds is 5. The number of carbonyl (C=O) groups is 1. The van der Waals surface area contributed by atoms with Gasteiger partial charge in [-0.1, -0.05) is 18.2 Å². The molecule has 1 fully saturated rings. The zero-order chi connectivity index (χ0) is 19.4. The van der Waals surface area contributed by atoms with E-state index in [4.69, 9.17) is 0 Å². The van der Waals surface area contributed by atoms with E-state index in [9.17, 15) is 14.9 Å². The molecule has 1 amide bonds. The molecule has 0 unspecified atom stereocenters. The topological polar surface area (TPSA) is 78.7 Å². The molecule has 2 aromatic rings. The fourth-order valence-corrected chi connectivity index (χ4v) is 3.36. The van der Waals surface area contributed by atoms with Gasteiger partial charge in [0.15, 0.2) is 0 Å². The Hall–Kier alpha value is -3.09. The maximum atomic E-state index is 12.7. The van der Waals surface area contributed by atoms with Gasteiger partial charge in [0, 0.05) is 50.0 Å². The Morgan fingerprint density at radius 3 is 2.48 bits per heavy atom. The quantitative estimate of drug-likeness (QED) is 0.647. The third-order valence-electron chi connectivity index (χ3n) is 4.85. The van der Waals surface area contributed by atoms with Crippen LogP contribution in [0.3, 0.4) is 0 Å². The summed E-state index contributed by atoms with van der Waals surface area (Å²) in [6, 6.07) is 12.8. The standard InChI is InChI=1S/C20H24N4O3/c1-3-21-18-14-16(8-9-19(18)24(26)27)22-10-12-23(13-11-22)20(25)17-7-5-4-6-15(17)2/h4-9,14,21H,3,10-13H2,1-2H3. The summed E-state index contributed by atoms with van der Waals surface area (Å²) in [6.07, 6.45) is 0. The van der Waals surface area contributed by atoms with Gasteiger partial charge in [0.25, 0.3) is 11.6 Å². The highest BCUT2D eigenvalue weighted by Crippen LogP contribution is 2.30. The van der Waals surface area contributed by atoms with Crippen molar-refractivity contribution in [1.29, 1.82) is 0 Å². The second kappa shape index (κ2) is 8.07. The highest BCUT2D eigenvalue weighted by atomic mass is 16.6. The van der Waals surface area contributed by atoms with Gasteiger partial charge in [-0.25, -0.2) is 0 Å². The SMILES string of the molecule is CCNc1cc(N2CCN(C(=O)c3ccccc3C)CC2)ccc1[N+](=O)[O-]. The Morgan fingerprint density at radius 2 is 1.85 bits per heavy atom. The highest BCUT2D eigenvalue weighted by Gasteiger charge is 2.24. The summed E-state index contributed by atoms with van der Waals surface area (Å²) < 4.78 is 0. The van der Waals surface area contributed by atoms with E-state index in [1.54, 1.807) is 6.07 Å². The molecule has 142 valence electrons. The number of nitrogens with zero attached hydrogens (tertiary/aromatic N) is 3. The molecule has 0 atom stereocenters. The summed E-state index contributed by atoms with van der Waals surface area (Å²) >= 11 is 0. The minimum absolute atomic E-state index is 0.0600. The molecule has 1 aliphatic heterocycles. The van der Waals surface area contributed by atoms with Crippen LogP contribution in [0.4, 0.5) is 17.1 Å². The zero-order valence-corrected chi connectivity index (χ0v) is 15.6. The summed E-state index contributed by atoms with van der Waals surface area (Å²) in [7, 11) is 0. The van der Waals surface area contributed by atoms with E-state index in [-0.39, 0.29) is 16.5 Å². The summed E-state index contributed by atoms with van der Waals surface area (Å²) in [6.45, 7) is 7.11. The van der Waals surface area contributed by atoms with Crippen molar-refractivity contribution < 1.29 is 9.72 Å². The van der Waals surface area contributed by atoms with Crippen LogP contribution < -0.4 is 10.2 Å². The van der Waals surface area contributed by atoms with E-state index in [0.717, 1.165) is 16.8 Å². The lowest BCUT2D eigenvalue weighted by molar-refractivity contribution is -0.383. The molecule has 3 rings (SSSR count). The number of hydrogen-bond donors (Lipinski definition) is 1. The van der Waals surface area contributed by atoms with E-state index in [0.29, 0.717) is 38.4 Å². The van der Waals surface area contributed by atoms with Crippen molar-refractivity contribution in [3.05, 3.63) is 63.7 Å². The van der Waals surface area contributed by atoms with Crippen molar-refractivity contribution in [3.8, 4) is 0 Å². The van der Waals surface area contributed by atoms with Crippen molar-refractivity contribution in [1.82, 2.24) is 4.90 Å². The molecular formula is C20H24N4O3. The molecule has 7 heteroatoms. The fourth-order valence-electron chi connectivity index (χ4n) is 3.36. The number of anilines is 2. The van der Waals surface area contributed by atoms with Crippen molar-refractivity contribution in [3.63, 3.8) is 0 Å². The second-order valence-corrected chi connectivity index (χ2v) is 6.58. The van der Waals surface area contributed by atoms with E-state index < -0.39 is 0 Å². The smallest absolute Gasteiger partial charge is 0.292 e. The lowest BCUT2D eigenvalue weighted by Crippen LogP contribution is -2.49. The van der Waals surface area contributed by atoms with E-state index in [1.165, 1.54) is 6.07 Å².